The number of thioether (sulfide) groups is 1. The second kappa shape index (κ2) is 8.48. The van der Waals surface area contributed by atoms with Crippen LogP contribution in [0.2, 0.25) is 0 Å². The maximum absolute atomic E-state index is 12.1. The number of anilines is 1. The van der Waals surface area contributed by atoms with E-state index in [0.717, 1.165) is 11.5 Å². The van der Waals surface area contributed by atoms with Gasteiger partial charge in [-0.25, -0.2) is 0 Å². The first kappa shape index (κ1) is 15.4. The Morgan fingerprint density at radius 2 is 2.37 bits per heavy atom. The molecule has 0 saturated carbocycles. The summed E-state index contributed by atoms with van der Waals surface area (Å²) in [5.41, 5.74) is 6.69. The van der Waals surface area contributed by atoms with Crippen molar-refractivity contribution < 1.29 is 9.53 Å². The van der Waals surface area contributed by atoms with Crippen molar-refractivity contribution in [3.8, 4) is 5.75 Å². The van der Waals surface area contributed by atoms with Gasteiger partial charge in [-0.1, -0.05) is 12.1 Å². The average molecular weight is 280 g/mol. The number of nitrogen functional groups attached to an aromatic ring is 1. The summed E-state index contributed by atoms with van der Waals surface area (Å²) in [6.45, 7) is 6.61. The standard InChI is InChI=1S/C14H20N2O2S/c1-3-9-19-10-8-16-14(17)13-11(15)6-5-7-12(13)18-4-2/h3,5-7H,1,4,8-10,15H2,2H3,(H,16,17). The number of amides is 1. The molecule has 0 fully saturated rings. The summed E-state index contributed by atoms with van der Waals surface area (Å²) in [7, 11) is 0. The number of ether oxygens (including phenoxy) is 1. The monoisotopic (exact) mass is 280 g/mol. The third kappa shape index (κ3) is 4.87. The van der Waals surface area contributed by atoms with Crippen molar-refractivity contribution in [2.75, 3.05) is 30.4 Å². The molecule has 3 N–H and O–H groups in total. The van der Waals surface area contributed by atoms with E-state index in [2.05, 4.69) is 11.9 Å². The lowest BCUT2D eigenvalue weighted by molar-refractivity contribution is 0.0953. The fourth-order valence-electron chi connectivity index (χ4n) is 1.56. The minimum atomic E-state index is -0.194. The van der Waals surface area contributed by atoms with Gasteiger partial charge < -0.3 is 15.8 Å². The van der Waals surface area contributed by atoms with Crippen LogP contribution in [0.25, 0.3) is 0 Å². The highest BCUT2D eigenvalue weighted by atomic mass is 32.2. The number of nitrogens with one attached hydrogen (secondary N) is 1. The number of benzene rings is 1. The van der Waals surface area contributed by atoms with Gasteiger partial charge in [-0.15, -0.1) is 6.58 Å². The third-order valence-electron chi connectivity index (χ3n) is 2.35. The molecule has 5 heteroatoms. The third-order valence-corrected chi connectivity index (χ3v) is 3.32. The Bertz CT molecular complexity index is 435. The lowest BCUT2D eigenvalue weighted by atomic mass is 10.1. The fraction of sp³-hybridized carbons (Fsp3) is 0.357. The molecule has 0 spiro atoms. The number of rotatable bonds is 8. The van der Waals surface area contributed by atoms with Crippen LogP contribution >= 0.6 is 11.8 Å². The van der Waals surface area contributed by atoms with E-state index < -0.39 is 0 Å². The highest BCUT2D eigenvalue weighted by Crippen LogP contribution is 2.24. The number of nitrogens with two attached hydrogens (primary N) is 1. The second-order valence-corrected chi connectivity index (χ2v) is 4.92. The van der Waals surface area contributed by atoms with E-state index in [9.17, 15) is 4.79 Å². The molecule has 0 unspecified atom stereocenters. The average Bonchev–Trinajstić information content (AvgIpc) is 2.39. The van der Waals surface area contributed by atoms with Crippen LogP contribution in [0.3, 0.4) is 0 Å². The summed E-state index contributed by atoms with van der Waals surface area (Å²) in [5, 5.41) is 2.84. The predicted molar refractivity (Wildman–Crippen MR) is 81.9 cm³/mol. The van der Waals surface area contributed by atoms with Crippen LogP contribution in [0.5, 0.6) is 5.75 Å². The largest absolute Gasteiger partial charge is 0.493 e. The minimum Gasteiger partial charge on any atom is -0.493 e. The molecule has 104 valence electrons. The van der Waals surface area contributed by atoms with E-state index in [0.29, 0.717) is 30.2 Å². The molecule has 0 aliphatic heterocycles. The van der Waals surface area contributed by atoms with Gasteiger partial charge in [-0.2, -0.15) is 11.8 Å². The van der Waals surface area contributed by atoms with E-state index in [4.69, 9.17) is 10.5 Å². The van der Waals surface area contributed by atoms with Crippen molar-refractivity contribution in [2.24, 2.45) is 0 Å². The van der Waals surface area contributed by atoms with Crippen molar-refractivity contribution in [3.63, 3.8) is 0 Å². The number of carbonyl (C=O) groups is 1. The topological polar surface area (TPSA) is 64.4 Å². The summed E-state index contributed by atoms with van der Waals surface area (Å²) in [5.74, 6) is 2.06. The molecular weight excluding hydrogens is 260 g/mol. The molecule has 0 aliphatic rings. The van der Waals surface area contributed by atoms with Crippen molar-refractivity contribution in [3.05, 3.63) is 36.4 Å². The number of carbonyl (C=O) groups excluding carboxylic acids is 1. The van der Waals surface area contributed by atoms with Crippen LogP contribution in [0.4, 0.5) is 5.69 Å². The molecule has 0 aromatic heterocycles. The molecule has 0 heterocycles. The molecule has 1 amide bonds. The Kier molecular flexibility index (Phi) is 6.89. The summed E-state index contributed by atoms with van der Waals surface area (Å²) < 4.78 is 5.42. The van der Waals surface area contributed by atoms with Crippen molar-refractivity contribution in [1.82, 2.24) is 5.32 Å². The fourth-order valence-corrected chi connectivity index (χ4v) is 2.14. The second-order valence-electron chi connectivity index (χ2n) is 3.77. The van der Waals surface area contributed by atoms with E-state index in [-0.39, 0.29) is 5.91 Å². The molecule has 0 saturated heterocycles. The van der Waals surface area contributed by atoms with Crippen LogP contribution < -0.4 is 15.8 Å². The van der Waals surface area contributed by atoms with Gasteiger partial charge >= 0.3 is 0 Å². The Morgan fingerprint density at radius 3 is 3.05 bits per heavy atom. The zero-order valence-corrected chi connectivity index (χ0v) is 12.0. The summed E-state index contributed by atoms with van der Waals surface area (Å²) in [6.07, 6.45) is 1.84. The lowest BCUT2D eigenvalue weighted by Crippen LogP contribution is -2.27. The normalized spacial score (nSPS) is 9.95. The molecule has 1 aromatic rings. The van der Waals surface area contributed by atoms with E-state index >= 15 is 0 Å². The number of hydrogen-bond acceptors (Lipinski definition) is 4. The maximum atomic E-state index is 12.1. The molecule has 1 aromatic carbocycles. The van der Waals surface area contributed by atoms with Crippen LogP contribution in [0, 0.1) is 0 Å². The Balaban J connectivity index is 2.62. The van der Waals surface area contributed by atoms with Gasteiger partial charge in [0.25, 0.3) is 5.91 Å². The van der Waals surface area contributed by atoms with E-state index in [1.165, 1.54) is 0 Å². The van der Waals surface area contributed by atoms with Gasteiger partial charge in [0.2, 0.25) is 0 Å². The minimum absolute atomic E-state index is 0.194. The summed E-state index contributed by atoms with van der Waals surface area (Å²) in [6, 6.07) is 5.22. The smallest absolute Gasteiger partial charge is 0.257 e. The molecular formula is C14H20N2O2S. The molecule has 0 bridgehead atoms. The zero-order valence-electron chi connectivity index (χ0n) is 11.1. The lowest BCUT2D eigenvalue weighted by Gasteiger charge is -2.12. The van der Waals surface area contributed by atoms with Gasteiger partial charge in [0.1, 0.15) is 11.3 Å². The Morgan fingerprint density at radius 1 is 1.58 bits per heavy atom. The molecule has 1 rings (SSSR count). The molecule has 0 atom stereocenters. The molecule has 0 aliphatic carbocycles. The maximum Gasteiger partial charge on any atom is 0.257 e. The zero-order chi connectivity index (χ0) is 14.1. The quantitative estimate of drug-likeness (QED) is 0.436. The highest BCUT2D eigenvalue weighted by Gasteiger charge is 2.15. The Labute approximate surface area is 118 Å². The van der Waals surface area contributed by atoms with Gasteiger partial charge in [0.05, 0.1) is 6.61 Å². The SMILES string of the molecule is C=CCSCCNC(=O)c1c(N)cccc1OCC. The van der Waals surface area contributed by atoms with Crippen LogP contribution in [-0.2, 0) is 0 Å². The van der Waals surface area contributed by atoms with Gasteiger partial charge in [-0.05, 0) is 19.1 Å². The first-order valence-corrected chi connectivity index (χ1v) is 7.34. The van der Waals surface area contributed by atoms with E-state index in [1.807, 2.05) is 13.0 Å². The van der Waals surface area contributed by atoms with Crippen molar-refractivity contribution >= 4 is 23.4 Å². The van der Waals surface area contributed by atoms with Gasteiger partial charge in [0.15, 0.2) is 0 Å². The first-order chi connectivity index (χ1) is 9.20. The van der Waals surface area contributed by atoms with Crippen molar-refractivity contribution in [1.29, 1.82) is 0 Å². The molecule has 19 heavy (non-hydrogen) atoms. The number of hydrogen-bond donors (Lipinski definition) is 2. The first-order valence-electron chi connectivity index (χ1n) is 6.18. The van der Waals surface area contributed by atoms with Crippen LogP contribution in [-0.4, -0.2) is 30.6 Å². The predicted octanol–water partition coefficient (Wildman–Crippen LogP) is 2.32. The van der Waals surface area contributed by atoms with Gasteiger partial charge in [-0.3, -0.25) is 4.79 Å². The molecule has 0 radical (unpaired) electrons. The van der Waals surface area contributed by atoms with Gasteiger partial charge in [0, 0.05) is 23.7 Å². The van der Waals surface area contributed by atoms with Crippen molar-refractivity contribution in [2.45, 2.75) is 6.92 Å². The summed E-state index contributed by atoms with van der Waals surface area (Å²) in [4.78, 5) is 12.1. The Hall–Kier alpha value is -1.62. The van der Waals surface area contributed by atoms with Crippen LogP contribution in [0.15, 0.2) is 30.9 Å². The van der Waals surface area contributed by atoms with E-state index in [1.54, 1.807) is 30.0 Å². The summed E-state index contributed by atoms with van der Waals surface area (Å²) >= 11 is 1.71. The highest BCUT2D eigenvalue weighted by molar-refractivity contribution is 7.99. The van der Waals surface area contributed by atoms with Crippen LogP contribution in [0.1, 0.15) is 17.3 Å². The molecule has 4 nitrogen and oxygen atoms in total.